The number of hydrogen-bond acceptors (Lipinski definition) is 3. The van der Waals surface area contributed by atoms with Crippen molar-refractivity contribution in [2.45, 2.75) is 83.0 Å². The third-order valence-electron chi connectivity index (χ3n) is 6.33. The van der Waals surface area contributed by atoms with Crippen LogP contribution in [0.3, 0.4) is 0 Å². The van der Waals surface area contributed by atoms with E-state index in [9.17, 15) is 0 Å². The molecule has 0 amide bonds. The smallest absolute Gasteiger partial charge is 0.0728 e. The van der Waals surface area contributed by atoms with Crippen molar-refractivity contribution in [3.05, 3.63) is 0 Å². The van der Waals surface area contributed by atoms with Gasteiger partial charge in [0.15, 0.2) is 0 Å². The first-order chi connectivity index (χ1) is 9.61. The second kappa shape index (κ2) is 5.94. The van der Waals surface area contributed by atoms with E-state index in [2.05, 4.69) is 31.0 Å². The zero-order valence-corrected chi connectivity index (χ0v) is 13.5. The van der Waals surface area contributed by atoms with Crippen LogP contribution < -0.4 is 5.32 Å². The molecule has 3 nitrogen and oxygen atoms in total. The number of hydrogen-bond donors (Lipinski definition) is 1. The Hall–Kier alpha value is -0.120. The lowest BCUT2D eigenvalue weighted by atomic mass is 9.81. The predicted molar refractivity (Wildman–Crippen MR) is 83.0 cm³/mol. The Morgan fingerprint density at radius 3 is 2.55 bits per heavy atom. The van der Waals surface area contributed by atoms with Crippen molar-refractivity contribution in [1.82, 2.24) is 10.2 Å². The van der Waals surface area contributed by atoms with Gasteiger partial charge in [0, 0.05) is 37.3 Å². The molecule has 3 aliphatic rings. The van der Waals surface area contributed by atoms with E-state index in [-0.39, 0.29) is 5.54 Å². The summed E-state index contributed by atoms with van der Waals surface area (Å²) >= 11 is 0. The molecular weight excluding hydrogens is 248 g/mol. The molecule has 3 rings (SSSR count). The Balaban J connectivity index is 1.69. The monoisotopic (exact) mass is 280 g/mol. The van der Waals surface area contributed by atoms with Crippen LogP contribution in [0.5, 0.6) is 0 Å². The summed E-state index contributed by atoms with van der Waals surface area (Å²) in [6, 6.07) is 1.33. The largest absolute Gasteiger partial charge is 0.377 e. The molecule has 3 fully saturated rings. The van der Waals surface area contributed by atoms with Crippen LogP contribution in [0.15, 0.2) is 0 Å². The molecule has 20 heavy (non-hydrogen) atoms. The fourth-order valence-electron chi connectivity index (χ4n) is 4.66. The van der Waals surface area contributed by atoms with Crippen molar-refractivity contribution in [3.63, 3.8) is 0 Å². The summed E-state index contributed by atoms with van der Waals surface area (Å²) in [5.74, 6) is 0.903. The highest BCUT2D eigenvalue weighted by Crippen LogP contribution is 2.36. The van der Waals surface area contributed by atoms with Crippen LogP contribution in [0, 0.1) is 5.92 Å². The van der Waals surface area contributed by atoms with Crippen LogP contribution in [0.2, 0.25) is 0 Å². The van der Waals surface area contributed by atoms with Gasteiger partial charge in [-0.2, -0.15) is 0 Å². The summed E-state index contributed by atoms with van der Waals surface area (Å²) in [4.78, 5) is 2.76. The molecule has 3 heteroatoms. The van der Waals surface area contributed by atoms with E-state index < -0.39 is 0 Å². The molecule has 1 N–H and O–H groups in total. The van der Waals surface area contributed by atoms with Crippen molar-refractivity contribution in [3.8, 4) is 0 Å². The average Bonchev–Trinajstić information content (AvgIpc) is 2.81. The first kappa shape index (κ1) is 14.8. The van der Waals surface area contributed by atoms with E-state index in [0.29, 0.717) is 18.2 Å². The summed E-state index contributed by atoms with van der Waals surface area (Å²) in [6.07, 6.45) is 8.76. The minimum absolute atomic E-state index is 0.244. The maximum Gasteiger partial charge on any atom is 0.0728 e. The van der Waals surface area contributed by atoms with Crippen molar-refractivity contribution >= 4 is 0 Å². The van der Waals surface area contributed by atoms with Crippen LogP contribution in [0.25, 0.3) is 0 Å². The normalized spacial score (nSPS) is 44.9. The van der Waals surface area contributed by atoms with E-state index in [1.807, 2.05) is 0 Å². The quantitative estimate of drug-likeness (QED) is 0.842. The Morgan fingerprint density at radius 1 is 1.15 bits per heavy atom. The Bertz CT molecular complexity index is 329. The molecule has 2 saturated heterocycles. The van der Waals surface area contributed by atoms with Gasteiger partial charge in [0.2, 0.25) is 0 Å². The van der Waals surface area contributed by atoms with Crippen LogP contribution in [0.4, 0.5) is 0 Å². The van der Waals surface area contributed by atoms with E-state index in [1.54, 1.807) is 0 Å². The SMILES string of the molecule is CC1CNC(C2CCCCC2)CN1C1(C)CCOC1C. The zero-order valence-electron chi connectivity index (χ0n) is 13.5. The molecule has 116 valence electrons. The number of ether oxygens (including phenoxy) is 1. The van der Waals surface area contributed by atoms with Gasteiger partial charge in [0.25, 0.3) is 0 Å². The fourth-order valence-corrected chi connectivity index (χ4v) is 4.66. The zero-order chi connectivity index (χ0) is 14.2. The summed E-state index contributed by atoms with van der Waals surface area (Å²) in [7, 11) is 0. The van der Waals surface area contributed by atoms with E-state index >= 15 is 0 Å². The standard InChI is InChI=1S/C17H32N2O/c1-13-11-18-16(15-7-5-4-6-8-15)12-19(13)17(3)9-10-20-14(17)2/h13-16,18H,4-12H2,1-3H3. The minimum Gasteiger partial charge on any atom is -0.377 e. The Kier molecular flexibility index (Phi) is 4.40. The Morgan fingerprint density at radius 2 is 1.90 bits per heavy atom. The second-order valence-corrected chi connectivity index (χ2v) is 7.53. The topological polar surface area (TPSA) is 24.5 Å². The molecule has 1 saturated carbocycles. The Labute approximate surface area is 124 Å². The lowest BCUT2D eigenvalue weighted by Crippen LogP contribution is -2.65. The maximum atomic E-state index is 5.89. The van der Waals surface area contributed by atoms with Gasteiger partial charge in [0.1, 0.15) is 0 Å². The molecular formula is C17H32N2O. The van der Waals surface area contributed by atoms with Gasteiger partial charge in [-0.05, 0) is 46.0 Å². The third-order valence-corrected chi connectivity index (χ3v) is 6.33. The predicted octanol–water partition coefficient (Wildman–Crippen LogP) is 2.80. The summed E-state index contributed by atoms with van der Waals surface area (Å²) in [5.41, 5.74) is 0.244. The van der Waals surface area contributed by atoms with E-state index in [1.165, 1.54) is 45.1 Å². The second-order valence-electron chi connectivity index (χ2n) is 7.53. The first-order valence-electron chi connectivity index (χ1n) is 8.73. The van der Waals surface area contributed by atoms with Gasteiger partial charge in [-0.1, -0.05) is 19.3 Å². The van der Waals surface area contributed by atoms with Crippen LogP contribution in [-0.4, -0.2) is 48.3 Å². The van der Waals surface area contributed by atoms with Crippen LogP contribution in [-0.2, 0) is 4.74 Å². The molecule has 0 aromatic carbocycles. The molecule has 0 radical (unpaired) electrons. The van der Waals surface area contributed by atoms with Gasteiger partial charge < -0.3 is 10.1 Å². The molecule has 0 aromatic heterocycles. The number of nitrogens with one attached hydrogen (secondary N) is 1. The van der Waals surface area contributed by atoms with Gasteiger partial charge >= 0.3 is 0 Å². The van der Waals surface area contributed by atoms with E-state index in [0.717, 1.165) is 19.1 Å². The number of piperazine rings is 1. The van der Waals surface area contributed by atoms with E-state index in [4.69, 9.17) is 4.74 Å². The summed E-state index contributed by atoms with van der Waals surface area (Å²) in [6.45, 7) is 10.4. The van der Waals surface area contributed by atoms with Crippen molar-refractivity contribution in [2.24, 2.45) is 5.92 Å². The van der Waals surface area contributed by atoms with Crippen LogP contribution in [0.1, 0.15) is 59.3 Å². The van der Waals surface area contributed by atoms with Gasteiger partial charge in [0.05, 0.1) is 6.10 Å². The maximum absolute atomic E-state index is 5.89. The molecule has 2 aliphatic heterocycles. The fraction of sp³-hybridized carbons (Fsp3) is 1.00. The highest BCUT2D eigenvalue weighted by Gasteiger charge is 2.46. The highest BCUT2D eigenvalue weighted by atomic mass is 16.5. The molecule has 4 atom stereocenters. The summed E-state index contributed by atoms with van der Waals surface area (Å²) in [5, 5.41) is 3.84. The molecule has 1 aliphatic carbocycles. The molecule has 0 aromatic rings. The first-order valence-corrected chi connectivity index (χ1v) is 8.73. The lowest BCUT2D eigenvalue weighted by molar-refractivity contribution is -0.0279. The average molecular weight is 280 g/mol. The van der Waals surface area contributed by atoms with Gasteiger partial charge in [-0.3, -0.25) is 4.90 Å². The third kappa shape index (κ3) is 2.65. The van der Waals surface area contributed by atoms with Crippen LogP contribution >= 0.6 is 0 Å². The van der Waals surface area contributed by atoms with Crippen molar-refractivity contribution in [1.29, 1.82) is 0 Å². The summed E-state index contributed by atoms with van der Waals surface area (Å²) < 4.78 is 5.89. The number of nitrogens with zero attached hydrogens (tertiary/aromatic N) is 1. The molecule has 2 heterocycles. The van der Waals surface area contributed by atoms with Gasteiger partial charge in [-0.15, -0.1) is 0 Å². The highest BCUT2D eigenvalue weighted by molar-refractivity contribution is 5.02. The van der Waals surface area contributed by atoms with Crippen molar-refractivity contribution in [2.75, 3.05) is 19.7 Å². The molecule has 0 bridgehead atoms. The molecule has 0 spiro atoms. The number of rotatable bonds is 2. The van der Waals surface area contributed by atoms with Crippen molar-refractivity contribution < 1.29 is 4.74 Å². The molecule has 4 unspecified atom stereocenters. The minimum atomic E-state index is 0.244. The lowest BCUT2D eigenvalue weighted by Gasteiger charge is -2.51. The van der Waals surface area contributed by atoms with Gasteiger partial charge in [-0.25, -0.2) is 0 Å².